The quantitative estimate of drug-likeness (QED) is 0.322. The molecule has 4 N–H and O–H groups in total. The van der Waals surface area contributed by atoms with Gasteiger partial charge in [0.2, 0.25) is 0 Å². The van der Waals surface area contributed by atoms with Crippen LogP contribution in [0, 0.1) is 20.8 Å². The monoisotopic (exact) mass is 615 g/mol. The number of anilines is 1. The van der Waals surface area contributed by atoms with Crippen LogP contribution in [0.15, 0.2) is 47.3 Å². The average Bonchev–Trinajstić information content (AvgIpc) is 3.01. The molecule has 240 valence electrons. The van der Waals surface area contributed by atoms with Gasteiger partial charge in [-0.15, -0.1) is 0 Å². The molecule has 10 nitrogen and oxygen atoms in total. The highest BCUT2D eigenvalue weighted by molar-refractivity contribution is 5.99. The predicted molar refractivity (Wildman–Crippen MR) is 176 cm³/mol. The molecule has 2 heterocycles. The van der Waals surface area contributed by atoms with E-state index in [-0.39, 0.29) is 30.2 Å². The van der Waals surface area contributed by atoms with Crippen molar-refractivity contribution in [3.63, 3.8) is 0 Å². The van der Waals surface area contributed by atoms with Crippen molar-refractivity contribution in [3.05, 3.63) is 86.3 Å². The number of nitrogens with zero attached hydrogens (tertiary/aromatic N) is 2. The third kappa shape index (κ3) is 7.93. The topological polar surface area (TPSA) is 130 Å². The van der Waals surface area contributed by atoms with E-state index in [0.717, 1.165) is 92.2 Å². The molecule has 3 aromatic rings. The summed E-state index contributed by atoms with van der Waals surface area (Å²) in [5.74, 6) is -0.231. The van der Waals surface area contributed by atoms with Gasteiger partial charge < -0.3 is 30.4 Å². The van der Waals surface area contributed by atoms with Gasteiger partial charge in [0.25, 0.3) is 11.5 Å². The maximum Gasteiger partial charge on any atom is 0.404 e. The molecular formula is C35H45N5O5. The highest BCUT2D eigenvalue weighted by Gasteiger charge is 2.28. The number of rotatable bonds is 9. The molecule has 2 aliphatic rings. The zero-order valence-corrected chi connectivity index (χ0v) is 26.8. The van der Waals surface area contributed by atoms with Gasteiger partial charge in [-0.1, -0.05) is 24.3 Å². The lowest BCUT2D eigenvalue weighted by atomic mass is 9.90. The van der Waals surface area contributed by atoms with Crippen LogP contribution in [0.4, 0.5) is 10.5 Å². The lowest BCUT2D eigenvalue weighted by molar-refractivity contribution is 0.0342. The van der Waals surface area contributed by atoms with Crippen molar-refractivity contribution in [1.29, 1.82) is 0 Å². The first-order valence-electron chi connectivity index (χ1n) is 15.8. The van der Waals surface area contributed by atoms with Gasteiger partial charge in [0.05, 0.1) is 13.2 Å². The number of aromatic nitrogens is 1. The van der Waals surface area contributed by atoms with E-state index in [9.17, 15) is 14.4 Å². The van der Waals surface area contributed by atoms with E-state index < -0.39 is 6.09 Å². The Morgan fingerprint density at radius 1 is 1.02 bits per heavy atom. The summed E-state index contributed by atoms with van der Waals surface area (Å²) >= 11 is 0. The van der Waals surface area contributed by atoms with E-state index in [4.69, 9.17) is 15.2 Å². The summed E-state index contributed by atoms with van der Waals surface area (Å²) in [4.78, 5) is 45.1. The number of carbonyl (C=O) groups excluding carboxylic acids is 2. The van der Waals surface area contributed by atoms with Crippen LogP contribution in [-0.4, -0.2) is 67.4 Å². The molecule has 2 fully saturated rings. The first-order valence-corrected chi connectivity index (χ1v) is 15.8. The fourth-order valence-electron chi connectivity index (χ4n) is 6.56. The minimum absolute atomic E-state index is 0.134. The van der Waals surface area contributed by atoms with E-state index in [0.29, 0.717) is 11.1 Å². The van der Waals surface area contributed by atoms with Gasteiger partial charge in [-0.3, -0.25) is 14.5 Å². The Morgan fingerprint density at radius 3 is 2.36 bits per heavy atom. The molecule has 10 heteroatoms. The van der Waals surface area contributed by atoms with Gasteiger partial charge in [-0.05, 0) is 92.5 Å². The summed E-state index contributed by atoms with van der Waals surface area (Å²) in [5, 5.41) is 3.01. The number of carbonyl (C=O) groups is 2. The van der Waals surface area contributed by atoms with Crippen LogP contribution in [-0.2, 0) is 22.6 Å². The summed E-state index contributed by atoms with van der Waals surface area (Å²) in [7, 11) is 2.06. The van der Waals surface area contributed by atoms with Gasteiger partial charge in [0.1, 0.15) is 6.10 Å². The molecule has 5 rings (SSSR count). The number of nitrogens with two attached hydrogens (primary N) is 1. The number of aryl methyl sites for hydroxylation is 2. The molecule has 45 heavy (non-hydrogen) atoms. The third-order valence-electron chi connectivity index (χ3n) is 9.20. The molecule has 0 unspecified atom stereocenters. The minimum Gasteiger partial charge on any atom is -0.446 e. The summed E-state index contributed by atoms with van der Waals surface area (Å²) in [6.07, 6.45) is 2.25. The number of primary amides is 1. The number of hydrogen-bond donors (Lipinski definition) is 3. The Labute approximate surface area is 264 Å². The highest BCUT2D eigenvalue weighted by atomic mass is 16.6. The van der Waals surface area contributed by atoms with E-state index >= 15 is 0 Å². The molecule has 1 saturated carbocycles. The van der Waals surface area contributed by atoms with E-state index in [1.165, 1.54) is 5.56 Å². The van der Waals surface area contributed by atoms with Crippen molar-refractivity contribution >= 4 is 17.7 Å². The average molecular weight is 616 g/mol. The first kappa shape index (κ1) is 32.2. The van der Waals surface area contributed by atoms with E-state index in [1.807, 2.05) is 32.9 Å². The number of hydrogen-bond acceptors (Lipinski definition) is 7. The zero-order chi connectivity index (χ0) is 32.1. The molecule has 0 radical (unpaired) electrons. The fraction of sp³-hybridized carbons (Fsp3) is 0.457. The molecule has 1 aromatic heterocycles. The second-order valence-electron chi connectivity index (χ2n) is 12.4. The normalized spacial score (nSPS) is 18.8. The molecule has 1 aliphatic carbocycles. The van der Waals surface area contributed by atoms with Crippen molar-refractivity contribution in [2.75, 3.05) is 38.3 Å². The van der Waals surface area contributed by atoms with Crippen molar-refractivity contribution in [1.82, 2.24) is 15.2 Å². The lowest BCUT2D eigenvalue weighted by Gasteiger charge is -2.36. The number of aromatic amines is 1. The lowest BCUT2D eigenvalue weighted by Crippen LogP contribution is -2.38. The second-order valence-corrected chi connectivity index (χ2v) is 12.4. The van der Waals surface area contributed by atoms with Gasteiger partial charge in [-0.2, -0.15) is 0 Å². The standard InChI is InChI=1S/C35H45N5O5/c1-22-17-23(2)38-34(42)31(22)20-37-33(41)30-18-27(26-7-5-25(6-8-26)21-40-13-15-44-16-14-40)19-32(24(30)3)39(4)28-9-11-29(12-10-28)45-35(36)43/h5-8,17-19,28-29H,9-16,20-21H2,1-4H3,(H2,36,43)(H,37,41)(H,38,42)/t28-,29-. The summed E-state index contributed by atoms with van der Waals surface area (Å²) < 4.78 is 10.7. The Balaban J connectivity index is 1.42. The molecular weight excluding hydrogens is 570 g/mol. The van der Waals surface area contributed by atoms with Crippen molar-refractivity contribution < 1.29 is 19.1 Å². The number of morpholine rings is 1. The highest BCUT2D eigenvalue weighted by Crippen LogP contribution is 2.35. The predicted octanol–water partition coefficient (Wildman–Crippen LogP) is 4.57. The van der Waals surface area contributed by atoms with Crippen LogP contribution in [0.1, 0.15) is 64.0 Å². The number of benzene rings is 2. The molecule has 2 amide bonds. The summed E-state index contributed by atoms with van der Waals surface area (Å²) in [6.45, 7) is 10.1. The maximum atomic E-state index is 13.8. The first-order chi connectivity index (χ1) is 21.6. The van der Waals surface area contributed by atoms with Crippen molar-refractivity contribution in [2.45, 2.75) is 71.7 Å². The van der Waals surface area contributed by atoms with Crippen LogP contribution in [0.3, 0.4) is 0 Å². The largest absolute Gasteiger partial charge is 0.446 e. The smallest absolute Gasteiger partial charge is 0.404 e. The minimum atomic E-state index is -0.732. The Kier molecular flexibility index (Phi) is 10.2. The number of pyridine rings is 1. The van der Waals surface area contributed by atoms with Gasteiger partial charge >= 0.3 is 6.09 Å². The Morgan fingerprint density at radius 2 is 1.71 bits per heavy atom. The van der Waals surface area contributed by atoms with Gasteiger partial charge in [-0.25, -0.2) is 4.79 Å². The molecule has 2 aromatic carbocycles. The number of H-pyrrole nitrogens is 1. The SMILES string of the molecule is Cc1cc(C)c(CNC(=O)c2cc(-c3ccc(CN4CCOCC4)cc3)cc(N(C)[C@H]3CC[C@H](OC(N)=O)CC3)c2C)c(=O)[nH]1. The third-order valence-corrected chi connectivity index (χ3v) is 9.20. The Hall–Kier alpha value is -4.15. The summed E-state index contributed by atoms with van der Waals surface area (Å²) in [6, 6.07) is 14.8. The van der Waals surface area contributed by atoms with Crippen LogP contribution in [0.2, 0.25) is 0 Å². The van der Waals surface area contributed by atoms with Crippen molar-refractivity contribution in [3.8, 4) is 11.1 Å². The molecule has 0 spiro atoms. The maximum absolute atomic E-state index is 13.8. The van der Waals surface area contributed by atoms with Crippen LogP contribution in [0.25, 0.3) is 11.1 Å². The summed E-state index contributed by atoms with van der Waals surface area (Å²) in [5.41, 5.74) is 12.8. The number of nitrogens with one attached hydrogen (secondary N) is 2. The fourth-order valence-corrected chi connectivity index (χ4v) is 6.56. The van der Waals surface area contributed by atoms with Crippen LogP contribution in [0.5, 0.6) is 0 Å². The van der Waals surface area contributed by atoms with Crippen LogP contribution < -0.4 is 21.5 Å². The number of amides is 2. The molecule has 1 saturated heterocycles. The molecule has 0 bridgehead atoms. The van der Waals surface area contributed by atoms with Gasteiger partial charge in [0, 0.05) is 61.8 Å². The zero-order valence-electron chi connectivity index (χ0n) is 26.8. The number of ether oxygens (including phenoxy) is 2. The van der Waals surface area contributed by atoms with Crippen molar-refractivity contribution in [2.24, 2.45) is 5.73 Å². The second kappa shape index (κ2) is 14.3. The van der Waals surface area contributed by atoms with Crippen LogP contribution >= 0.6 is 0 Å². The van der Waals surface area contributed by atoms with E-state index in [2.05, 4.69) is 57.5 Å². The van der Waals surface area contributed by atoms with Gasteiger partial charge in [0.15, 0.2) is 0 Å². The van der Waals surface area contributed by atoms with E-state index in [1.54, 1.807) is 0 Å². The Bertz CT molecular complexity index is 1570. The molecule has 0 atom stereocenters. The molecule has 1 aliphatic heterocycles.